The Balaban J connectivity index is -0.000000488. The van der Waals surface area contributed by atoms with E-state index in [-0.39, 0.29) is 0 Å². The molecule has 1 aliphatic heterocycles. The summed E-state index contributed by atoms with van der Waals surface area (Å²) in [5.74, 6) is 0.775. The summed E-state index contributed by atoms with van der Waals surface area (Å²) in [5, 5.41) is 13.7. The van der Waals surface area contributed by atoms with Gasteiger partial charge in [-0.1, -0.05) is 108 Å². The van der Waals surface area contributed by atoms with Crippen molar-refractivity contribution in [3.8, 4) is 0 Å². The minimum absolute atomic E-state index is 0.636. The molecule has 3 fully saturated rings. The van der Waals surface area contributed by atoms with E-state index in [0.717, 1.165) is 37.1 Å². The fourth-order valence-electron chi connectivity index (χ4n) is 5.04. The van der Waals surface area contributed by atoms with Gasteiger partial charge in [0, 0.05) is 48.3 Å². The summed E-state index contributed by atoms with van der Waals surface area (Å²) < 4.78 is 0. The van der Waals surface area contributed by atoms with Crippen molar-refractivity contribution in [1.82, 2.24) is 31.1 Å². The van der Waals surface area contributed by atoms with Gasteiger partial charge in [0.1, 0.15) is 0 Å². The predicted molar refractivity (Wildman–Crippen MR) is 213 cm³/mol. The molecule has 6 heteroatoms. The van der Waals surface area contributed by atoms with E-state index in [9.17, 15) is 0 Å². The van der Waals surface area contributed by atoms with Crippen LogP contribution in [0.2, 0.25) is 0 Å². The second kappa shape index (κ2) is 33.3. The standard InChI is InChI=1S/C9H19N.C8H17N.C7H17N.C6H13N.2C5H13N/c1-8(2)10-9-6-4-3-5-7-9;1-7(2)9-8-5-3-4-6-8;1-6(2)5-8-7(3)4;1-6(2)7-4-3-5-7;1-5(2)6(3)4;1-4-6-5(2)3/h8-10H,3-7H2,1-2H3;7-9H,3-6H2,1-2H3;6-8H,5H2,1-4H3;6H,3-5H2,1-2H3;5H,1-4H3;5-6H,4H2,1-3H3. The Morgan fingerprint density at radius 1 is 0.543 bits per heavy atom. The highest BCUT2D eigenvalue weighted by Crippen LogP contribution is 2.18. The van der Waals surface area contributed by atoms with Gasteiger partial charge in [-0.15, -0.1) is 0 Å². The monoisotopic (exact) mass is 657 g/mol. The van der Waals surface area contributed by atoms with Gasteiger partial charge in [0.25, 0.3) is 0 Å². The Hall–Kier alpha value is -0.240. The van der Waals surface area contributed by atoms with Gasteiger partial charge in [-0.2, -0.15) is 0 Å². The summed E-state index contributed by atoms with van der Waals surface area (Å²) in [5.41, 5.74) is 0. The zero-order valence-electron chi connectivity index (χ0n) is 35.0. The predicted octanol–water partition coefficient (Wildman–Crippen LogP) is 8.95. The maximum atomic E-state index is 3.58. The van der Waals surface area contributed by atoms with Crippen molar-refractivity contribution in [3.63, 3.8) is 0 Å². The molecule has 282 valence electrons. The Kier molecular flexibility index (Phi) is 36.3. The maximum absolute atomic E-state index is 3.58. The van der Waals surface area contributed by atoms with Crippen molar-refractivity contribution in [2.24, 2.45) is 5.92 Å². The SMILES string of the molecule is CC(C)CNC(C)C.CC(C)N(C)C.CC(C)N1CCC1.CC(C)NC1CCCC1.CC(C)NC1CCCCC1.CCNC(C)C. The highest BCUT2D eigenvalue weighted by Gasteiger charge is 2.16. The lowest BCUT2D eigenvalue weighted by atomic mass is 9.95. The van der Waals surface area contributed by atoms with Crippen LogP contribution in [0.5, 0.6) is 0 Å². The van der Waals surface area contributed by atoms with Crippen molar-refractivity contribution in [1.29, 1.82) is 0 Å². The zero-order valence-corrected chi connectivity index (χ0v) is 35.0. The van der Waals surface area contributed by atoms with Crippen LogP contribution < -0.4 is 21.3 Å². The van der Waals surface area contributed by atoms with Crippen LogP contribution in [0.25, 0.3) is 0 Å². The van der Waals surface area contributed by atoms with Gasteiger partial charge < -0.3 is 31.1 Å². The first-order valence-corrected chi connectivity index (χ1v) is 19.8. The molecule has 4 N–H and O–H groups in total. The largest absolute Gasteiger partial charge is 0.315 e. The molecule has 0 aromatic heterocycles. The first-order valence-electron chi connectivity index (χ1n) is 19.8. The molecule has 0 aromatic carbocycles. The van der Waals surface area contributed by atoms with E-state index in [1.165, 1.54) is 77.3 Å². The fourth-order valence-corrected chi connectivity index (χ4v) is 5.04. The van der Waals surface area contributed by atoms with E-state index < -0.39 is 0 Å². The average molecular weight is 657 g/mol. The molecule has 0 unspecified atom stereocenters. The molecule has 3 aliphatic rings. The van der Waals surface area contributed by atoms with Crippen molar-refractivity contribution in [2.45, 2.75) is 216 Å². The third-order valence-corrected chi connectivity index (χ3v) is 8.30. The Bertz CT molecular complexity index is 558. The second-order valence-corrected chi connectivity index (χ2v) is 16.2. The molecule has 0 aromatic rings. The third kappa shape index (κ3) is 39.9. The van der Waals surface area contributed by atoms with E-state index >= 15 is 0 Å². The fraction of sp³-hybridized carbons (Fsp3) is 1.00. The molecular weight excluding hydrogens is 564 g/mol. The van der Waals surface area contributed by atoms with Crippen molar-refractivity contribution < 1.29 is 0 Å². The lowest BCUT2D eigenvalue weighted by molar-refractivity contribution is 0.138. The number of nitrogens with one attached hydrogen (secondary N) is 4. The topological polar surface area (TPSA) is 54.6 Å². The molecule has 6 nitrogen and oxygen atoms in total. The number of hydrogen-bond donors (Lipinski definition) is 4. The van der Waals surface area contributed by atoms with Crippen LogP contribution in [-0.4, -0.2) is 98.4 Å². The summed E-state index contributed by atoms with van der Waals surface area (Å²) in [4.78, 5) is 4.64. The molecule has 2 aliphatic carbocycles. The van der Waals surface area contributed by atoms with Crippen LogP contribution in [0.1, 0.15) is 168 Å². The van der Waals surface area contributed by atoms with Gasteiger partial charge in [-0.25, -0.2) is 0 Å². The molecule has 0 amide bonds. The summed E-state index contributed by atoms with van der Waals surface area (Å²) in [6.07, 6.45) is 14.2. The number of likely N-dealkylation sites (tertiary alicyclic amines) is 1. The molecule has 0 radical (unpaired) electrons. The number of hydrogen-bond acceptors (Lipinski definition) is 6. The van der Waals surface area contributed by atoms with Crippen LogP contribution in [0.15, 0.2) is 0 Å². The first kappa shape index (κ1) is 50.1. The van der Waals surface area contributed by atoms with Gasteiger partial charge in [0.2, 0.25) is 0 Å². The number of rotatable bonds is 11. The van der Waals surface area contributed by atoms with E-state index in [0.29, 0.717) is 30.2 Å². The summed E-state index contributed by atoms with van der Waals surface area (Å²) >= 11 is 0. The Labute approximate surface area is 293 Å². The van der Waals surface area contributed by atoms with Crippen molar-refractivity contribution >= 4 is 0 Å². The van der Waals surface area contributed by atoms with E-state index in [1.54, 1.807) is 0 Å². The minimum atomic E-state index is 0.636. The third-order valence-electron chi connectivity index (χ3n) is 8.30. The lowest BCUT2D eigenvalue weighted by Gasteiger charge is -2.34. The van der Waals surface area contributed by atoms with Crippen LogP contribution >= 0.6 is 0 Å². The molecule has 0 spiro atoms. The second-order valence-electron chi connectivity index (χ2n) is 16.2. The highest BCUT2D eigenvalue weighted by molar-refractivity contribution is 4.75. The normalized spacial score (nSPS) is 17.2. The molecule has 1 heterocycles. The van der Waals surface area contributed by atoms with Crippen LogP contribution in [0, 0.1) is 5.92 Å². The van der Waals surface area contributed by atoms with Gasteiger partial charge in [-0.3, -0.25) is 0 Å². The molecule has 1 saturated heterocycles. The lowest BCUT2D eigenvalue weighted by Crippen LogP contribution is -2.41. The van der Waals surface area contributed by atoms with Gasteiger partial charge in [0.05, 0.1) is 0 Å². The molecule has 0 bridgehead atoms. The smallest absolute Gasteiger partial charge is 0.00694 e. The first-order chi connectivity index (χ1) is 21.4. The molecule has 0 atom stereocenters. The Morgan fingerprint density at radius 2 is 0.913 bits per heavy atom. The summed E-state index contributed by atoms with van der Waals surface area (Å²) in [7, 11) is 4.15. The minimum Gasteiger partial charge on any atom is -0.315 e. The maximum Gasteiger partial charge on any atom is 0.00694 e. The molecule has 46 heavy (non-hydrogen) atoms. The van der Waals surface area contributed by atoms with Gasteiger partial charge in [0.15, 0.2) is 0 Å². The highest BCUT2D eigenvalue weighted by atomic mass is 15.2. The zero-order chi connectivity index (χ0) is 36.1. The number of nitrogens with zero attached hydrogens (tertiary/aromatic N) is 2. The van der Waals surface area contributed by atoms with Crippen LogP contribution in [0.4, 0.5) is 0 Å². The van der Waals surface area contributed by atoms with Gasteiger partial charge >= 0.3 is 0 Å². The molecule has 2 saturated carbocycles. The summed E-state index contributed by atoms with van der Waals surface area (Å²) in [6, 6.07) is 5.76. The van der Waals surface area contributed by atoms with Crippen molar-refractivity contribution in [3.05, 3.63) is 0 Å². The van der Waals surface area contributed by atoms with Crippen LogP contribution in [0.3, 0.4) is 0 Å². The van der Waals surface area contributed by atoms with Crippen LogP contribution in [-0.2, 0) is 0 Å². The van der Waals surface area contributed by atoms with E-state index in [4.69, 9.17) is 0 Å². The summed E-state index contributed by atoms with van der Waals surface area (Å²) in [6.45, 7) is 37.8. The van der Waals surface area contributed by atoms with Gasteiger partial charge in [-0.05, 0) is 106 Å². The average Bonchev–Trinajstić information content (AvgIpc) is 3.40. The van der Waals surface area contributed by atoms with E-state index in [2.05, 4.69) is 149 Å². The molecule has 3 rings (SSSR count). The molecular formula is C40H92N6. The van der Waals surface area contributed by atoms with E-state index in [1.807, 2.05) is 0 Å². The van der Waals surface area contributed by atoms with Crippen molar-refractivity contribution in [2.75, 3.05) is 40.3 Å². The quantitative estimate of drug-likeness (QED) is 0.178. The Morgan fingerprint density at radius 3 is 1.07 bits per heavy atom.